The first-order valence-corrected chi connectivity index (χ1v) is 12.6. The summed E-state index contributed by atoms with van der Waals surface area (Å²) in [5, 5.41) is 11.6. The Morgan fingerprint density at radius 2 is 1.71 bits per heavy atom. The van der Waals surface area contributed by atoms with Gasteiger partial charge in [-0.25, -0.2) is 4.98 Å². The van der Waals surface area contributed by atoms with Crippen molar-refractivity contribution in [2.75, 3.05) is 20.8 Å². The maximum absolute atomic E-state index is 12.7. The van der Waals surface area contributed by atoms with Gasteiger partial charge in [-0.2, -0.15) is 0 Å². The van der Waals surface area contributed by atoms with Crippen molar-refractivity contribution in [1.82, 2.24) is 25.5 Å². The van der Waals surface area contributed by atoms with E-state index in [2.05, 4.69) is 20.5 Å². The van der Waals surface area contributed by atoms with Crippen molar-refractivity contribution < 1.29 is 13.4 Å². The van der Waals surface area contributed by atoms with Crippen molar-refractivity contribution in [3.05, 3.63) is 66.0 Å². The van der Waals surface area contributed by atoms with Gasteiger partial charge < -0.3 is 14.5 Å². The second-order valence-corrected chi connectivity index (χ2v) is 10.1. The number of hydrogen-bond donors (Lipinski definition) is 1. The molecule has 2 unspecified atom stereocenters. The summed E-state index contributed by atoms with van der Waals surface area (Å²) in [4.78, 5) is 10.0. The molecule has 2 heterocycles. The van der Waals surface area contributed by atoms with Gasteiger partial charge in [-0.1, -0.05) is 31.2 Å². The van der Waals surface area contributed by atoms with Gasteiger partial charge in [0.2, 0.25) is 5.89 Å². The summed E-state index contributed by atoms with van der Waals surface area (Å²) in [5.41, 5.74) is 4.78. The van der Waals surface area contributed by atoms with Crippen molar-refractivity contribution in [2.24, 2.45) is 0 Å². The van der Waals surface area contributed by atoms with Gasteiger partial charge in [0.1, 0.15) is 5.69 Å². The standard InChI is InChI=1S/C26H29N5O3S/c1-17(13-14-33-4)35(32)22-11-9-20(10-12-22)23-16-28-18(2)24(29-23)26-31-30-25(34-26)21-7-5-19(6-8-21)15-27-3/h5-12,16-17,27H,13-15H2,1-4H3. The van der Waals surface area contributed by atoms with Gasteiger partial charge in [0.05, 0.1) is 28.4 Å². The normalized spacial score (nSPS) is 13.0. The molecule has 0 radical (unpaired) electrons. The Morgan fingerprint density at radius 1 is 1.03 bits per heavy atom. The molecule has 0 aliphatic carbocycles. The Kier molecular flexibility index (Phi) is 8.12. The number of methoxy groups -OCH3 is 1. The van der Waals surface area contributed by atoms with Crippen molar-refractivity contribution in [3.8, 4) is 34.3 Å². The highest BCUT2D eigenvalue weighted by atomic mass is 32.2. The Hall–Kier alpha value is -3.27. The van der Waals surface area contributed by atoms with Gasteiger partial charge >= 0.3 is 0 Å². The summed E-state index contributed by atoms with van der Waals surface area (Å²) in [6.45, 7) is 5.21. The molecule has 0 spiro atoms. The molecular weight excluding hydrogens is 462 g/mol. The van der Waals surface area contributed by atoms with E-state index in [1.165, 1.54) is 5.56 Å². The molecule has 0 fully saturated rings. The quantitative estimate of drug-likeness (QED) is 0.348. The van der Waals surface area contributed by atoms with Crippen LogP contribution < -0.4 is 5.32 Å². The molecule has 0 aliphatic rings. The molecule has 0 bridgehead atoms. The van der Waals surface area contributed by atoms with Crippen LogP contribution in [0.25, 0.3) is 34.3 Å². The van der Waals surface area contributed by atoms with Crippen LogP contribution in [0.15, 0.2) is 64.0 Å². The summed E-state index contributed by atoms with van der Waals surface area (Å²) in [6, 6.07) is 15.5. The van der Waals surface area contributed by atoms with Gasteiger partial charge in [0, 0.05) is 41.5 Å². The second kappa shape index (κ2) is 11.4. The van der Waals surface area contributed by atoms with Crippen molar-refractivity contribution in [1.29, 1.82) is 0 Å². The third-order valence-corrected chi connectivity index (χ3v) is 7.34. The zero-order valence-electron chi connectivity index (χ0n) is 20.3. The molecule has 9 heteroatoms. The highest BCUT2D eigenvalue weighted by Crippen LogP contribution is 2.27. The first-order chi connectivity index (χ1) is 17.0. The topological polar surface area (TPSA) is 103 Å². The fourth-order valence-electron chi connectivity index (χ4n) is 3.58. The van der Waals surface area contributed by atoms with E-state index in [1.807, 2.05) is 69.4 Å². The van der Waals surface area contributed by atoms with Crippen LogP contribution in [-0.2, 0) is 22.1 Å². The number of benzene rings is 2. The monoisotopic (exact) mass is 491 g/mol. The van der Waals surface area contributed by atoms with E-state index in [-0.39, 0.29) is 5.25 Å². The van der Waals surface area contributed by atoms with E-state index in [4.69, 9.17) is 14.1 Å². The lowest BCUT2D eigenvalue weighted by molar-refractivity contribution is 0.195. The molecule has 1 N–H and O–H groups in total. The van der Waals surface area contributed by atoms with Crippen LogP contribution in [-0.4, -0.2) is 50.4 Å². The Labute approximate surface area is 207 Å². The summed E-state index contributed by atoms with van der Waals surface area (Å²) in [5.74, 6) is 0.743. The highest BCUT2D eigenvalue weighted by Gasteiger charge is 2.17. The van der Waals surface area contributed by atoms with E-state index in [0.717, 1.165) is 29.0 Å². The maximum Gasteiger partial charge on any atom is 0.268 e. The van der Waals surface area contributed by atoms with E-state index < -0.39 is 10.8 Å². The maximum atomic E-state index is 12.7. The lowest BCUT2D eigenvalue weighted by atomic mass is 10.1. The summed E-state index contributed by atoms with van der Waals surface area (Å²) in [7, 11) is 2.46. The minimum absolute atomic E-state index is 0.0119. The Balaban J connectivity index is 1.55. The van der Waals surface area contributed by atoms with Crippen molar-refractivity contribution in [2.45, 2.75) is 37.0 Å². The molecule has 0 saturated heterocycles. The van der Waals surface area contributed by atoms with E-state index in [0.29, 0.717) is 35.5 Å². The van der Waals surface area contributed by atoms with E-state index in [1.54, 1.807) is 13.3 Å². The van der Waals surface area contributed by atoms with E-state index in [9.17, 15) is 4.21 Å². The third kappa shape index (κ3) is 5.87. The average Bonchev–Trinajstić information content (AvgIpc) is 3.38. The van der Waals surface area contributed by atoms with Gasteiger partial charge in [0.25, 0.3) is 5.89 Å². The minimum atomic E-state index is -1.10. The number of aryl methyl sites for hydroxylation is 1. The van der Waals surface area contributed by atoms with Crippen molar-refractivity contribution >= 4 is 10.8 Å². The number of nitrogens with one attached hydrogen (secondary N) is 1. The zero-order valence-corrected chi connectivity index (χ0v) is 21.1. The van der Waals surface area contributed by atoms with E-state index >= 15 is 0 Å². The first-order valence-electron chi connectivity index (χ1n) is 11.4. The molecular formula is C26H29N5O3S. The fourth-order valence-corrected chi connectivity index (χ4v) is 4.76. The predicted molar refractivity (Wildman–Crippen MR) is 136 cm³/mol. The molecule has 8 nitrogen and oxygen atoms in total. The SMILES string of the molecule is CNCc1ccc(-c2nnc(-c3nc(-c4ccc(S(=O)C(C)CCOC)cc4)cnc3C)o2)cc1. The minimum Gasteiger partial charge on any atom is -0.415 e. The number of hydrogen-bond acceptors (Lipinski definition) is 8. The lowest BCUT2D eigenvalue weighted by Gasteiger charge is -2.11. The zero-order chi connectivity index (χ0) is 24.8. The summed E-state index contributed by atoms with van der Waals surface area (Å²) >= 11 is 0. The van der Waals surface area contributed by atoms with Crippen LogP contribution >= 0.6 is 0 Å². The average molecular weight is 492 g/mol. The largest absolute Gasteiger partial charge is 0.415 e. The van der Waals surface area contributed by atoms with Crippen LogP contribution in [0.2, 0.25) is 0 Å². The molecule has 2 atom stereocenters. The van der Waals surface area contributed by atoms with Crippen molar-refractivity contribution in [3.63, 3.8) is 0 Å². The molecule has 4 rings (SSSR count). The molecule has 182 valence electrons. The molecule has 0 amide bonds. The Bertz CT molecular complexity index is 1290. The predicted octanol–water partition coefficient (Wildman–Crippen LogP) is 4.42. The van der Waals surface area contributed by atoms with Crippen LogP contribution in [0.1, 0.15) is 24.6 Å². The van der Waals surface area contributed by atoms with Gasteiger partial charge in [-0.05, 0) is 50.2 Å². The summed E-state index contributed by atoms with van der Waals surface area (Å²) < 4.78 is 23.8. The molecule has 2 aromatic heterocycles. The smallest absolute Gasteiger partial charge is 0.268 e. The molecule has 2 aromatic carbocycles. The molecule has 35 heavy (non-hydrogen) atoms. The highest BCUT2D eigenvalue weighted by molar-refractivity contribution is 7.85. The van der Waals surface area contributed by atoms with Crippen LogP contribution in [0, 0.1) is 6.92 Å². The number of ether oxygens (including phenoxy) is 1. The first kappa shape index (κ1) is 24.8. The number of nitrogens with zero attached hydrogens (tertiary/aromatic N) is 4. The molecule has 0 aliphatic heterocycles. The number of aromatic nitrogens is 4. The van der Waals surface area contributed by atoms with Gasteiger partial charge in [0.15, 0.2) is 0 Å². The Morgan fingerprint density at radius 3 is 2.40 bits per heavy atom. The molecule has 4 aromatic rings. The van der Waals surface area contributed by atoms with Crippen LogP contribution in [0.4, 0.5) is 0 Å². The molecule has 0 saturated carbocycles. The lowest BCUT2D eigenvalue weighted by Crippen LogP contribution is -2.13. The summed E-state index contributed by atoms with van der Waals surface area (Å²) in [6.07, 6.45) is 2.45. The fraction of sp³-hybridized carbons (Fsp3) is 0.308. The second-order valence-electron chi connectivity index (χ2n) is 8.24. The number of rotatable bonds is 10. The third-order valence-electron chi connectivity index (χ3n) is 5.64. The van der Waals surface area contributed by atoms with Crippen LogP contribution in [0.3, 0.4) is 0 Å². The van der Waals surface area contributed by atoms with Gasteiger partial charge in [-0.3, -0.25) is 9.19 Å². The van der Waals surface area contributed by atoms with Gasteiger partial charge in [-0.15, -0.1) is 10.2 Å². The van der Waals surface area contributed by atoms with Crippen LogP contribution in [0.5, 0.6) is 0 Å².